The molecule has 2 rings (SSSR count). The molecule has 1 saturated heterocycles. The van der Waals surface area contributed by atoms with Gasteiger partial charge < -0.3 is 10.0 Å². The van der Waals surface area contributed by atoms with Crippen LogP contribution in [0.1, 0.15) is 55.6 Å². The fourth-order valence-electron chi connectivity index (χ4n) is 2.50. The molecule has 0 aromatic carbocycles. The van der Waals surface area contributed by atoms with Crippen LogP contribution in [0.2, 0.25) is 0 Å². The highest BCUT2D eigenvalue weighted by atomic mass is 16.3. The lowest BCUT2D eigenvalue weighted by atomic mass is 10.0. The lowest BCUT2D eigenvalue weighted by Crippen LogP contribution is -2.42. The summed E-state index contributed by atoms with van der Waals surface area (Å²) in [6, 6.07) is 0. The second kappa shape index (κ2) is 5.74. The molecule has 0 radical (unpaired) electrons. The molecule has 5 heteroatoms. The van der Waals surface area contributed by atoms with Crippen LogP contribution < -0.4 is 0 Å². The van der Waals surface area contributed by atoms with Gasteiger partial charge in [0.25, 0.3) is 5.91 Å². The monoisotopic (exact) mass is 265 g/mol. The van der Waals surface area contributed by atoms with Crippen molar-refractivity contribution >= 4 is 5.91 Å². The number of aromatic nitrogens is 2. The molecule has 106 valence electrons. The standard InChI is InChI=1S/C14H23N3O2/c1-4-17-9-12(13(15-17)10(2)3)14(19)16-7-5-6-11(18)8-16/h9-11,18H,4-8H2,1-3H3. The number of aliphatic hydroxyl groups is 1. The van der Waals surface area contributed by atoms with Crippen molar-refractivity contribution in [3.63, 3.8) is 0 Å². The van der Waals surface area contributed by atoms with Crippen molar-refractivity contribution in [3.05, 3.63) is 17.5 Å². The average molecular weight is 265 g/mol. The zero-order chi connectivity index (χ0) is 14.0. The Morgan fingerprint density at radius 2 is 2.32 bits per heavy atom. The second-order valence-corrected chi connectivity index (χ2v) is 5.49. The SMILES string of the molecule is CCn1cc(C(=O)N2CCCC(O)C2)c(C(C)C)n1. The molecule has 1 aliphatic heterocycles. The molecule has 1 amide bonds. The number of likely N-dealkylation sites (tertiary alicyclic amines) is 1. The molecule has 1 unspecified atom stereocenters. The molecule has 1 aliphatic rings. The predicted octanol–water partition coefficient (Wildman–Crippen LogP) is 1.62. The molecule has 0 saturated carbocycles. The molecule has 1 aromatic rings. The minimum absolute atomic E-state index is 0.00199. The summed E-state index contributed by atoms with van der Waals surface area (Å²) in [4.78, 5) is 14.3. The number of β-amino-alcohol motifs (C(OH)–C–C–N with tert-alkyl or cyclic N) is 1. The lowest BCUT2D eigenvalue weighted by molar-refractivity contribution is 0.0472. The van der Waals surface area contributed by atoms with Crippen molar-refractivity contribution < 1.29 is 9.90 Å². The van der Waals surface area contributed by atoms with E-state index in [1.54, 1.807) is 4.90 Å². The maximum atomic E-state index is 12.6. The van der Waals surface area contributed by atoms with Gasteiger partial charge in [-0.25, -0.2) is 0 Å². The molecule has 0 aliphatic carbocycles. The number of amides is 1. The number of carbonyl (C=O) groups excluding carboxylic acids is 1. The number of nitrogens with zero attached hydrogens (tertiary/aromatic N) is 3. The quantitative estimate of drug-likeness (QED) is 0.903. The topological polar surface area (TPSA) is 58.4 Å². The van der Waals surface area contributed by atoms with Crippen molar-refractivity contribution in [2.45, 2.75) is 52.2 Å². The smallest absolute Gasteiger partial charge is 0.257 e. The first-order valence-electron chi connectivity index (χ1n) is 7.07. The number of carbonyl (C=O) groups is 1. The predicted molar refractivity (Wildman–Crippen MR) is 73.1 cm³/mol. The minimum atomic E-state index is -0.388. The van der Waals surface area contributed by atoms with Gasteiger partial charge in [0.2, 0.25) is 0 Å². The highest BCUT2D eigenvalue weighted by Gasteiger charge is 2.27. The zero-order valence-corrected chi connectivity index (χ0v) is 12.0. The molecule has 1 fully saturated rings. The van der Waals surface area contributed by atoms with Crippen LogP contribution in [-0.2, 0) is 6.54 Å². The van der Waals surface area contributed by atoms with E-state index >= 15 is 0 Å². The van der Waals surface area contributed by atoms with E-state index in [9.17, 15) is 9.90 Å². The fourth-order valence-corrected chi connectivity index (χ4v) is 2.50. The Morgan fingerprint density at radius 3 is 2.89 bits per heavy atom. The van der Waals surface area contributed by atoms with Gasteiger partial charge in [-0.05, 0) is 25.7 Å². The van der Waals surface area contributed by atoms with Crippen LogP contribution in [0.15, 0.2) is 6.20 Å². The van der Waals surface area contributed by atoms with Crippen LogP contribution >= 0.6 is 0 Å². The third-order valence-electron chi connectivity index (χ3n) is 3.58. The van der Waals surface area contributed by atoms with Crippen molar-refractivity contribution in [2.24, 2.45) is 0 Å². The first-order valence-corrected chi connectivity index (χ1v) is 7.07. The first-order chi connectivity index (χ1) is 9.02. The van der Waals surface area contributed by atoms with Gasteiger partial charge in [-0.3, -0.25) is 9.48 Å². The Morgan fingerprint density at radius 1 is 1.58 bits per heavy atom. The first kappa shape index (κ1) is 14.1. The van der Waals surface area contributed by atoms with Crippen LogP contribution in [0.25, 0.3) is 0 Å². The van der Waals surface area contributed by atoms with Crippen LogP contribution in [0.5, 0.6) is 0 Å². The van der Waals surface area contributed by atoms with Gasteiger partial charge in [0.05, 0.1) is 17.4 Å². The Hall–Kier alpha value is -1.36. The van der Waals surface area contributed by atoms with Crippen molar-refractivity contribution in [3.8, 4) is 0 Å². The van der Waals surface area contributed by atoms with Gasteiger partial charge in [-0.2, -0.15) is 5.10 Å². The van der Waals surface area contributed by atoms with Crippen molar-refractivity contribution in [2.75, 3.05) is 13.1 Å². The van der Waals surface area contributed by atoms with E-state index in [-0.39, 0.29) is 17.9 Å². The molecular formula is C14H23N3O2. The summed E-state index contributed by atoms with van der Waals surface area (Å²) in [6.45, 7) is 8.03. The van der Waals surface area contributed by atoms with Crippen LogP contribution in [0.4, 0.5) is 0 Å². The summed E-state index contributed by atoms with van der Waals surface area (Å²) in [5, 5.41) is 14.2. The van der Waals surface area contributed by atoms with E-state index in [2.05, 4.69) is 5.10 Å². The fraction of sp³-hybridized carbons (Fsp3) is 0.714. The average Bonchev–Trinajstić information content (AvgIpc) is 2.82. The number of hydrogen-bond donors (Lipinski definition) is 1. The van der Waals surface area contributed by atoms with Crippen LogP contribution in [0.3, 0.4) is 0 Å². The largest absolute Gasteiger partial charge is 0.391 e. The summed E-state index contributed by atoms with van der Waals surface area (Å²) < 4.78 is 1.81. The third kappa shape index (κ3) is 2.97. The highest BCUT2D eigenvalue weighted by molar-refractivity contribution is 5.95. The third-order valence-corrected chi connectivity index (χ3v) is 3.58. The molecule has 1 aromatic heterocycles. The number of hydrogen-bond acceptors (Lipinski definition) is 3. The van der Waals surface area contributed by atoms with E-state index < -0.39 is 0 Å². The number of piperidine rings is 1. The van der Waals surface area contributed by atoms with E-state index in [1.165, 1.54) is 0 Å². The van der Waals surface area contributed by atoms with Gasteiger partial charge in [-0.1, -0.05) is 13.8 Å². The molecule has 1 N–H and O–H groups in total. The summed E-state index contributed by atoms with van der Waals surface area (Å²) in [5.41, 5.74) is 1.54. The van der Waals surface area contributed by atoms with Crippen LogP contribution in [0, 0.1) is 0 Å². The van der Waals surface area contributed by atoms with Gasteiger partial charge >= 0.3 is 0 Å². The van der Waals surface area contributed by atoms with E-state index in [0.29, 0.717) is 12.1 Å². The summed E-state index contributed by atoms with van der Waals surface area (Å²) in [6.07, 6.45) is 3.10. The van der Waals surface area contributed by atoms with Crippen molar-refractivity contribution in [1.29, 1.82) is 0 Å². The Labute approximate surface area is 114 Å². The van der Waals surface area contributed by atoms with E-state index in [1.807, 2.05) is 31.6 Å². The molecule has 0 bridgehead atoms. The van der Waals surface area contributed by atoms with E-state index in [4.69, 9.17) is 0 Å². The number of aliphatic hydroxyl groups excluding tert-OH is 1. The van der Waals surface area contributed by atoms with Gasteiger partial charge in [-0.15, -0.1) is 0 Å². The van der Waals surface area contributed by atoms with Crippen molar-refractivity contribution in [1.82, 2.24) is 14.7 Å². The second-order valence-electron chi connectivity index (χ2n) is 5.49. The Bertz CT molecular complexity index is 454. The molecule has 0 spiro atoms. The molecular weight excluding hydrogens is 242 g/mol. The van der Waals surface area contributed by atoms with Gasteiger partial charge in [0.1, 0.15) is 0 Å². The molecule has 1 atom stereocenters. The lowest BCUT2D eigenvalue weighted by Gasteiger charge is -2.30. The summed E-state index contributed by atoms with van der Waals surface area (Å²) in [5.74, 6) is 0.226. The molecule has 2 heterocycles. The van der Waals surface area contributed by atoms with Gasteiger partial charge in [0.15, 0.2) is 0 Å². The van der Waals surface area contributed by atoms with Gasteiger partial charge in [0, 0.05) is 25.8 Å². The van der Waals surface area contributed by atoms with E-state index in [0.717, 1.165) is 31.6 Å². The maximum Gasteiger partial charge on any atom is 0.257 e. The molecule has 5 nitrogen and oxygen atoms in total. The normalized spacial score (nSPS) is 20.1. The zero-order valence-electron chi connectivity index (χ0n) is 12.0. The Kier molecular flexibility index (Phi) is 4.24. The highest BCUT2D eigenvalue weighted by Crippen LogP contribution is 2.21. The molecule has 19 heavy (non-hydrogen) atoms. The number of rotatable bonds is 3. The Balaban J connectivity index is 2.24. The number of aryl methyl sites for hydroxylation is 1. The maximum absolute atomic E-state index is 12.6. The van der Waals surface area contributed by atoms with Crippen LogP contribution in [-0.4, -0.2) is 44.9 Å². The minimum Gasteiger partial charge on any atom is -0.391 e. The summed E-state index contributed by atoms with van der Waals surface area (Å²) >= 11 is 0. The summed E-state index contributed by atoms with van der Waals surface area (Å²) in [7, 11) is 0.